The van der Waals surface area contributed by atoms with Crippen LogP contribution in [0, 0.1) is 23.0 Å². The van der Waals surface area contributed by atoms with E-state index in [1.165, 1.54) is 24.1 Å². The molecule has 0 radical (unpaired) electrons. The Hall–Kier alpha value is -3.38. The van der Waals surface area contributed by atoms with Crippen LogP contribution in [0.5, 0.6) is 5.88 Å². The molecule has 2 atom stereocenters. The highest BCUT2D eigenvalue weighted by Crippen LogP contribution is 2.56. The number of pyridine rings is 1. The fraction of sp³-hybridized carbons (Fsp3) is 0.400. The molecule has 0 bridgehead atoms. The third-order valence-electron chi connectivity index (χ3n) is 8.61. The number of carbonyl (C=O) groups is 1. The molecule has 12 heteroatoms. The van der Waals surface area contributed by atoms with Gasteiger partial charge in [-0.15, -0.1) is 0 Å². The van der Waals surface area contributed by atoms with Crippen molar-refractivity contribution in [3.8, 4) is 17.0 Å². The van der Waals surface area contributed by atoms with E-state index in [4.69, 9.17) is 14.6 Å². The van der Waals surface area contributed by atoms with Gasteiger partial charge in [0.05, 0.1) is 5.56 Å². The smallest absolute Gasteiger partial charge is 0.417 e. The number of rotatable bonds is 6. The Morgan fingerprint density at radius 3 is 2.50 bits per heavy atom. The van der Waals surface area contributed by atoms with Gasteiger partial charge in [0.1, 0.15) is 18.2 Å². The molecule has 2 aliphatic carbocycles. The summed E-state index contributed by atoms with van der Waals surface area (Å²) < 4.78 is 79.8. The Morgan fingerprint density at radius 1 is 1.10 bits per heavy atom. The maximum atomic E-state index is 15.3. The van der Waals surface area contributed by atoms with E-state index in [0.29, 0.717) is 29.5 Å². The first kappa shape index (κ1) is 28.7. The quantitative estimate of drug-likeness (QED) is 0.199. The maximum Gasteiger partial charge on any atom is 0.417 e. The molecule has 4 aliphatic rings. The second kappa shape index (κ2) is 10.7. The minimum atomic E-state index is -4.86. The van der Waals surface area contributed by atoms with Crippen molar-refractivity contribution in [3.63, 3.8) is 0 Å². The van der Waals surface area contributed by atoms with E-state index in [9.17, 15) is 17.6 Å². The Balaban J connectivity index is 0.00000101. The minimum absolute atomic E-state index is 0.0976. The van der Waals surface area contributed by atoms with Crippen LogP contribution < -0.4 is 9.64 Å². The monoisotopic (exact) mass is 605 g/mol. The number of aromatic nitrogens is 1. The van der Waals surface area contributed by atoms with Gasteiger partial charge in [0.15, 0.2) is 0 Å². The van der Waals surface area contributed by atoms with Gasteiger partial charge in [-0.3, -0.25) is 4.79 Å². The van der Waals surface area contributed by atoms with Gasteiger partial charge in [0.2, 0.25) is 5.88 Å². The van der Waals surface area contributed by atoms with E-state index >= 15 is 4.39 Å². The number of benzene rings is 2. The zero-order chi connectivity index (χ0) is 29.8. The maximum absolute atomic E-state index is 15.3. The number of ether oxygens (including phenoxy) is 1. The van der Waals surface area contributed by atoms with Crippen LogP contribution >= 0.6 is 11.9 Å². The van der Waals surface area contributed by atoms with E-state index < -0.39 is 28.9 Å². The van der Waals surface area contributed by atoms with Crippen LogP contribution in [-0.2, 0) is 24.0 Å². The van der Waals surface area contributed by atoms with Crippen molar-refractivity contribution >= 4 is 24.1 Å². The van der Waals surface area contributed by atoms with Gasteiger partial charge in [-0.1, -0.05) is 11.9 Å². The highest BCUT2D eigenvalue weighted by atomic mass is 32.2. The van der Waals surface area contributed by atoms with Gasteiger partial charge in [0.25, 0.3) is 6.47 Å². The average molecular weight is 606 g/mol. The van der Waals surface area contributed by atoms with Crippen molar-refractivity contribution in [2.75, 3.05) is 37.3 Å². The lowest BCUT2D eigenvalue weighted by Crippen LogP contribution is -2.70. The number of nitrogens with zero attached hydrogens (tertiary/aromatic N) is 3. The molecule has 3 fully saturated rings. The first-order valence-corrected chi connectivity index (χ1v) is 14.7. The Kier molecular flexibility index (Phi) is 7.33. The molecule has 3 aromatic rings. The number of hydrogen-bond donors (Lipinski definition) is 1. The molecule has 7 rings (SSSR count). The average Bonchev–Trinajstić information content (AvgIpc) is 3.57. The fourth-order valence-electron chi connectivity index (χ4n) is 6.45. The highest BCUT2D eigenvalue weighted by Gasteiger charge is 2.51. The molecule has 2 aliphatic heterocycles. The van der Waals surface area contributed by atoms with Gasteiger partial charge in [-0.25, -0.2) is 18.1 Å². The van der Waals surface area contributed by atoms with Gasteiger partial charge in [-0.2, -0.15) is 13.2 Å². The van der Waals surface area contributed by atoms with Crippen molar-refractivity contribution < 1.29 is 36.6 Å². The number of halogens is 5. The number of anilines is 1. The summed E-state index contributed by atoms with van der Waals surface area (Å²) in [6.45, 7) is 2.95. The van der Waals surface area contributed by atoms with Crippen molar-refractivity contribution in [1.29, 1.82) is 0 Å². The van der Waals surface area contributed by atoms with Crippen molar-refractivity contribution in [3.05, 3.63) is 76.5 Å². The Morgan fingerprint density at radius 2 is 1.83 bits per heavy atom. The van der Waals surface area contributed by atoms with Gasteiger partial charge < -0.3 is 14.7 Å². The fourth-order valence-corrected chi connectivity index (χ4v) is 7.25. The molecule has 2 aromatic carbocycles. The standard InChI is InChI=1S/C29H26F5N3OS.CH2O2/c1-39-37-14-28(15-37)12-36(13-28)19-2-3-20(26(31)8-19)22-6-18(25(30)9-24(22)29(32,33)34)11-38-27-7-17-4-16-5-21(16)23(17)10-35-27;2-1-3/h2-3,6-10,16,21H,4-5,11-15H2,1H3;1H,(H,2,3). The second-order valence-corrected chi connectivity index (χ2v) is 12.3. The van der Waals surface area contributed by atoms with Crippen LogP contribution in [0.15, 0.2) is 42.6 Å². The van der Waals surface area contributed by atoms with Gasteiger partial charge in [-0.05, 0) is 78.0 Å². The van der Waals surface area contributed by atoms with Crippen molar-refractivity contribution in [2.45, 2.75) is 31.5 Å². The molecule has 0 amide bonds. The van der Waals surface area contributed by atoms with E-state index in [1.807, 2.05) is 17.2 Å². The molecule has 1 spiro atoms. The van der Waals surface area contributed by atoms with Crippen LogP contribution in [-0.4, -0.2) is 53.3 Å². The molecule has 3 heterocycles. The van der Waals surface area contributed by atoms with Crippen LogP contribution in [0.2, 0.25) is 0 Å². The molecular formula is C30H28F5N3O3S. The number of fused-ring (bicyclic) bond motifs is 3. The minimum Gasteiger partial charge on any atom is -0.483 e. The number of carboxylic acid groups (broad SMARTS) is 1. The SMILES string of the molecule is CSN1CC2(C1)CN(c1ccc(-c3cc(COc4cc5c(cn4)C4CC4C5)c(F)cc3C(F)(F)F)c(F)c1)C2.O=CO. The Bertz CT molecular complexity index is 1520. The molecule has 2 saturated heterocycles. The zero-order valence-corrected chi connectivity index (χ0v) is 23.4. The summed E-state index contributed by atoms with van der Waals surface area (Å²) in [4.78, 5) is 14.7. The van der Waals surface area contributed by atoms with Crippen LogP contribution in [0.4, 0.5) is 27.6 Å². The first-order chi connectivity index (χ1) is 20.0. The molecule has 222 valence electrons. The largest absolute Gasteiger partial charge is 0.483 e. The van der Waals surface area contributed by atoms with Crippen LogP contribution in [0.25, 0.3) is 11.1 Å². The topological polar surface area (TPSA) is 65.9 Å². The summed E-state index contributed by atoms with van der Waals surface area (Å²) in [5, 5.41) is 6.89. The third-order valence-corrected chi connectivity index (χ3v) is 9.39. The summed E-state index contributed by atoms with van der Waals surface area (Å²) in [5.74, 6) is -0.305. The van der Waals surface area contributed by atoms with E-state index in [2.05, 4.69) is 9.29 Å². The lowest BCUT2D eigenvalue weighted by atomic mass is 9.74. The molecule has 2 unspecified atom stereocenters. The van der Waals surface area contributed by atoms with Crippen molar-refractivity contribution in [1.82, 2.24) is 9.29 Å². The predicted molar refractivity (Wildman–Crippen MR) is 148 cm³/mol. The summed E-state index contributed by atoms with van der Waals surface area (Å²) in [6, 6.07) is 7.55. The summed E-state index contributed by atoms with van der Waals surface area (Å²) in [7, 11) is 0. The van der Waals surface area contributed by atoms with Gasteiger partial charge >= 0.3 is 6.18 Å². The first-order valence-electron chi connectivity index (χ1n) is 13.5. The number of hydrogen-bond acceptors (Lipinski definition) is 6. The second-order valence-electron chi connectivity index (χ2n) is 11.4. The zero-order valence-electron chi connectivity index (χ0n) is 22.6. The predicted octanol–water partition coefficient (Wildman–Crippen LogP) is 6.39. The van der Waals surface area contributed by atoms with Gasteiger partial charge in [0, 0.05) is 60.7 Å². The van der Waals surface area contributed by atoms with Crippen LogP contribution in [0.1, 0.15) is 34.6 Å². The summed E-state index contributed by atoms with van der Waals surface area (Å²) in [6.07, 6.45) is 1.09. The summed E-state index contributed by atoms with van der Waals surface area (Å²) in [5.41, 5.74) is 1.25. The van der Waals surface area contributed by atoms with Crippen molar-refractivity contribution in [2.24, 2.45) is 11.3 Å². The van der Waals surface area contributed by atoms with Crippen LogP contribution in [0.3, 0.4) is 0 Å². The lowest BCUT2D eigenvalue weighted by Gasteiger charge is -2.60. The molecule has 1 saturated carbocycles. The molecular weight excluding hydrogens is 577 g/mol. The Labute approximate surface area is 243 Å². The van der Waals surface area contributed by atoms with E-state index in [0.717, 1.165) is 44.2 Å². The molecule has 6 nitrogen and oxygen atoms in total. The molecule has 1 N–H and O–H groups in total. The molecule has 1 aromatic heterocycles. The normalized spacial score (nSPS) is 21.4. The summed E-state index contributed by atoms with van der Waals surface area (Å²) >= 11 is 1.70. The van der Waals surface area contributed by atoms with E-state index in [-0.39, 0.29) is 29.6 Å². The highest BCUT2D eigenvalue weighted by molar-refractivity contribution is 7.96. The third kappa shape index (κ3) is 5.30. The number of alkyl halides is 3. The van der Waals surface area contributed by atoms with E-state index in [1.54, 1.807) is 24.2 Å². The lowest BCUT2D eigenvalue weighted by molar-refractivity contribution is -0.137. The molecule has 42 heavy (non-hydrogen) atoms.